The Labute approximate surface area is 199 Å². The Bertz CT molecular complexity index is 1930. The Hall–Kier alpha value is -4.39. The van der Waals surface area contributed by atoms with Crippen molar-refractivity contribution in [1.82, 2.24) is 0 Å². The molecule has 0 radical (unpaired) electrons. The van der Waals surface area contributed by atoms with Crippen LogP contribution >= 0.6 is 11.3 Å². The normalized spacial score (nSPS) is 11.5. The molecule has 0 saturated carbocycles. The fourth-order valence-electron chi connectivity index (χ4n) is 4.98. The van der Waals surface area contributed by atoms with Gasteiger partial charge in [0.1, 0.15) is 11.2 Å². The van der Waals surface area contributed by atoms with E-state index in [9.17, 15) is 5.26 Å². The molecule has 7 rings (SSSR count). The molecule has 7 aromatic rings. The third-order valence-corrected chi connectivity index (χ3v) is 7.74. The fraction of sp³-hybridized carbons (Fsp3) is 0. The highest BCUT2D eigenvalue weighted by molar-refractivity contribution is 7.26. The van der Waals surface area contributed by atoms with E-state index in [4.69, 9.17) is 4.42 Å². The van der Waals surface area contributed by atoms with Gasteiger partial charge < -0.3 is 4.42 Å². The molecular weight excluding hydrogens is 434 g/mol. The second-order valence-corrected chi connectivity index (χ2v) is 9.49. The number of nitriles is 1. The average molecular weight is 452 g/mol. The maximum Gasteiger partial charge on any atom is 0.143 e. The van der Waals surface area contributed by atoms with Crippen molar-refractivity contribution in [2.24, 2.45) is 0 Å². The molecule has 3 heteroatoms. The zero-order valence-electron chi connectivity index (χ0n) is 18.1. The Morgan fingerprint density at radius 1 is 0.588 bits per heavy atom. The van der Waals surface area contributed by atoms with Gasteiger partial charge in [0.25, 0.3) is 0 Å². The standard InChI is InChI=1S/C31H17NOS/c32-18-19-7-3-8-20(17-19)21-10-4-11-23-24-12-5-13-25(30(24)33-29(21)23)27-15-6-14-26-22-9-1-2-16-28(22)34-31(26)27/h1-17H. The van der Waals surface area contributed by atoms with Gasteiger partial charge in [0, 0.05) is 47.6 Å². The molecule has 0 saturated heterocycles. The highest BCUT2D eigenvalue weighted by Gasteiger charge is 2.18. The molecule has 0 N–H and O–H groups in total. The van der Waals surface area contributed by atoms with Gasteiger partial charge in [-0.2, -0.15) is 5.26 Å². The van der Waals surface area contributed by atoms with Crippen LogP contribution in [0.2, 0.25) is 0 Å². The zero-order valence-corrected chi connectivity index (χ0v) is 18.9. The van der Waals surface area contributed by atoms with Crippen molar-refractivity contribution < 1.29 is 4.42 Å². The lowest BCUT2D eigenvalue weighted by Crippen LogP contribution is -1.80. The van der Waals surface area contributed by atoms with Gasteiger partial charge in [0.15, 0.2) is 0 Å². The second kappa shape index (κ2) is 7.31. The molecule has 2 aromatic heterocycles. The van der Waals surface area contributed by atoms with Crippen LogP contribution < -0.4 is 0 Å². The summed E-state index contributed by atoms with van der Waals surface area (Å²) in [6, 6.07) is 37.7. The molecule has 34 heavy (non-hydrogen) atoms. The van der Waals surface area contributed by atoms with E-state index in [0.717, 1.165) is 38.6 Å². The summed E-state index contributed by atoms with van der Waals surface area (Å²) in [6.07, 6.45) is 0. The maximum atomic E-state index is 9.37. The molecule has 2 nitrogen and oxygen atoms in total. The fourth-order valence-corrected chi connectivity index (χ4v) is 6.21. The molecule has 0 fully saturated rings. The molecule has 0 aliphatic carbocycles. The van der Waals surface area contributed by atoms with Crippen molar-refractivity contribution in [2.45, 2.75) is 0 Å². The molecule has 0 aliphatic heterocycles. The smallest absolute Gasteiger partial charge is 0.143 e. The van der Waals surface area contributed by atoms with Crippen LogP contribution in [0.4, 0.5) is 0 Å². The van der Waals surface area contributed by atoms with E-state index >= 15 is 0 Å². The highest BCUT2D eigenvalue weighted by atomic mass is 32.1. The van der Waals surface area contributed by atoms with Crippen LogP contribution in [0.5, 0.6) is 0 Å². The van der Waals surface area contributed by atoms with Gasteiger partial charge in [-0.25, -0.2) is 0 Å². The van der Waals surface area contributed by atoms with Gasteiger partial charge in [-0.05, 0) is 23.8 Å². The van der Waals surface area contributed by atoms with Crippen molar-refractivity contribution in [1.29, 1.82) is 5.26 Å². The average Bonchev–Trinajstić information content (AvgIpc) is 3.47. The van der Waals surface area contributed by atoms with Gasteiger partial charge in [-0.1, -0.05) is 84.9 Å². The Morgan fingerprint density at radius 3 is 2.06 bits per heavy atom. The number of hydrogen-bond acceptors (Lipinski definition) is 3. The first kappa shape index (κ1) is 19.1. The number of nitrogens with zero attached hydrogens (tertiary/aromatic N) is 1. The van der Waals surface area contributed by atoms with E-state index in [1.807, 2.05) is 35.6 Å². The summed E-state index contributed by atoms with van der Waals surface area (Å²) in [5.74, 6) is 0. The Kier molecular flexibility index (Phi) is 4.11. The minimum atomic E-state index is 0.641. The van der Waals surface area contributed by atoms with Gasteiger partial charge >= 0.3 is 0 Å². The van der Waals surface area contributed by atoms with Crippen LogP contribution in [0.1, 0.15) is 5.56 Å². The predicted octanol–water partition coefficient (Wildman–Crippen LogP) is 9.16. The molecule has 0 bridgehead atoms. The lowest BCUT2D eigenvalue weighted by atomic mass is 9.99. The lowest BCUT2D eigenvalue weighted by Gasteiger charge is -2.04. The topological polar surface area (TPSA) is 36.9 Å². The van der Waals surface area contributed by atoms with Crippen molar-refractivity contribution in [3.8, 4) is 28.3 Å². The first-order valence-electron chi connectivity index (χ1n) is 11.2. The summed E-state index contributed by atoms with van der Waals surface area (Å²) in [5, 5.41) is 14.1. The molecular formula is C31H17NOS. The summed E-state index contributed by atoms with van der Waals surface area (Å²) in [4.78, 5) is 0. The largest absolute Gasteiger partial charge is 0.455 e. The summed E-state index contributed by atoms with van der Waals surface area (Å²) < 4.78 is 9.21. The predicted molar refractivity (Wildman–Crippen MR) is 142 cm³/mol. The minimum Gasteiger partial charge on any atom is -0.455 e. The van der Waals surface area contributed by atoms with Gasteiger partial charge in [-0.3, -0.25) is 0 Å². The number of para-hydroxylation sites is 2. The molecule has 5 aromatic carbocycles. The van der Waals surface area contributed by atoms with E-state index < -0.39 is 0 Å². The van der Waals surface area contributed by atoms with Crippen LogP contribution in [0.15, 0.2) is 108 Å². The first-order chi connectivity index (χ1) is 16.8. The van der Waals surface area contributed by atoms with Crippen LogP contribution in [0.3, 0.4) is 0 Å². The molecule has 0 aliphatic rings. The number of furan rings is 1. The van der Waals surface area contributed by atoms with Crippen molar-refractivity contribution in [2.75, 3.05) is 0 Å². The minimum absolute atomic E-state index is 0.641. The number of hydrogen-bond donors (Lipinski definition) is 0. The Morgan fingerprint density at radius 2 is 1.24 bits per heavy atom. The van der Waals surface area contributed by atoms with Gasteiger partial charge in [0.2, 0.25) is 0 Å². The zero-order chi connectivity index (χ0) is 22.6. The van der Waals surface area contributed by atoms with Crippen LogP contribution in [-0.2, 0) is 0 Å². The maximum absolute atomic E-state index is 9.37. The summed E-state index contributed by atoms with van der Waals surface area (Å²) in [7, 11) is 0. The molecule has 0 atom stereocenters. The molecule has 2 heterocycles. The van der Waals surface area contributed by atoms with E-state index in [1.165, 1.54) is 25.7 Å². The molecule has 0 amide bonds. The highest BCUT2D eigenvalue weighted by Crippen LogP contribution is 2.44. The van der Waals surface area contributed by atoms with E-state index in [-0.39, 0.29) is 0 Å². The number of benzene rings is 5. The summed E-state index contributed by atoms with van der Waals surface area (Å²) >= 11 is 1.83. The number of fused-ring (bicyclic) bond motifs is 6. The van der Waals surface area contributed by atoms with E-state index in [1.54, 1.807) is 0 Å². The van der Waals surface area contributed by atoms with Crippen molar-refractivity contribution in [3.63, 3.8) is 0 Å². The first-order valence-corrected chi connectivity index (χ1v) is 12.0. The number of rotatable bonds is 2. The number of thiophene rings is 1. The molecule has 158 valence electrons. The van der Waals surface area contributed by atoms with E-state index in [2.05, 4.69) is 84.9 Å². The Balaban J connectivity index is 1.53. The lowest BCUT2D eigenvalue weighted by molar-refractivity contribution is 0.671. The van der Waals surface area contributed by atoms with E-state index in [0.29, 0.717) is 5.56 Å². The summed E-state index contributed by atoms with van der Waals surface area (Å²) in [6.45, 7) is 0. The van der Waals surface area contributed by atoms with Gasteiger partial charge in [-0.15, -0.1) is 11.3 Å². The molecule has 0 spiro atoms. The van der Waals surface area contributed by atoms with Crippen LogP contribution in [-0.4, -0.2) is 0 Å². The third kappa shape index (κ3) is 2.73. The summed E-state index contributed by atoms with van der Waals surface area (Å²) in [5.41, 5.74) is 6.66. The second-order valence-electron chi connectivity index (χ2n) is 8.44. The SMILES string of the molecule is N#Cc1cccc(-c2cccc3c2oc2c(-c4cccc5c4sc4ccccc45)cccc23)c1. The quantitative estimate of drug-likeness (QED) is 0.263. The van der Waals surface area contributed by atoms with Crippen LogP contribution in [0.25, 0.3) is 64.4 Å². The third-order valence-electron chi connectivity index (χ3n) is 6.52. The van der Waals surface area contributed by atoms with Crippen molar-refractivity contribution >= 4 is 53.4 Å². The molecule has 0 unspecified atom stereocenters. The van der Waals surface area contributed by atoms with Crippen molar-refractivity contribution in [3.05, 3.63) is 109 Å². The van der Waals surface area contributed by atoms with Gasteiger partial charge in [0.05, 0.1) is 11.6 Å². The monoisotopic (exact) mass is 451 g/mol. The van der Waals surface area contributed by atoms with Crippen LogP contribution in [0, 0.1) is 11.3 Å².